The fraction of sp³-hybridized carbons (Fsp3) is 0.900. The maximum atomic E-state index is 6.37. The zero-order valence-corrected chi connectivity index (χ0v) is 9.82. The Morgan fingerprint density at radius 3 is 3.00 bits per heavy atom. The van der Waals surface area contributed by atoms with Crippen LogP contribution >= 0.6 is 0 Å². The molecule has 0 aromatic carbocycles. The van der Waals surface area contributed by atoms with E-state index >= 15 is 0 Å². The smallest absolute Gasteiger partial charge is 0.194 e. The molecule has 3 N–H and O–H groups in total. The van der Waals surface area contributed by atoms with Gasteiger partial charge in [0.1, 0.15) is 0 Å². The van der Waals surface area contributed by atoms with Crippen molar-refractivity contribution < 1.29 is 0 Å². The zero-order chi connectivity index (χ0) is 11.4. The molecule has 0 saturated carbocycles. The first-order chi connectivity index (χ1) is 7.74. The molecular weight excluding hydrogens is 204 g/mol. The molecule has 0 aliphatic carbocycles. The van der Waals surface area contributed by atoms with Gasteiger partial charge in [-0.05, 0) is 38.8 Å². The number of hydrogen-bond donors (Lipinski definition) is 2. The third-order valence-corrected chi connectivity index (χ3v) is 3.30. The van der Waals surface area contributed by atoms with Gasteiger partial charge >= 0.3 is 0 Å². The molecule has 0 bridgehead atoms. The van der Waals surface area contributed by atoms with Gasteiger partial charge in [0, 0.05) is 6.54 Å². The van der Waals surface area contributed by atoms with Gasteiger partial charge in [-0.1, -0.05) is 12.1 Å². The van der Waals surface area contributed by atoms with E-state index in [1.54, 1.807) is 0 Å². The van der Waals surface area contributed by atoms with Crippen molar-refractivity contribution in [2.24, 2.45) is 5.73 Å². The largest absolute Gasteiger partial charge is 0.319 e. The first kappa shape index (κ1) is 11.5. The normalized spacial score (nSPS) is 27.9. The fourth-order valence-corrected chi connectivity index (χ4v) is 2.35. The minimum atomic E-state index is -0.393. The van der Waals surface area contributed by atoms with Crippen LogP contribution in [-0.4, -0.2) is 45.2 Å². The first-order valence-electron chi connectivity index (χ1n) is 6.00. The molecule has 1 aromatic heterocycles. The minimum absolute atomic E-state index is 0.393. The number of rotatable bonds is 3. The Labute approximate surface area is 95.6 Å². The molecule has 1 fully saturated rings. The fourth-order valence-electron chi connectivity index (χ4n) is 2.35. The second-order valence-corrected chi connectivity index (χ2v) is 4.59. The molecule has 0 radical (unpaired) electrons. The Bertz CT molecular complexity index is 311. The van der Waals surface area contributed by atoms with Crippen LogP contribution in [0.3, 0.4) is 0 Å². The van der Waals surface area contributed by atoms with Crippen molar-refractivity contribution in [3.8, 4) is 0 Å². The van der Waals surface area contributed by atoms with Gasteiger partial charge in [-0.15, -0.1) is 10.2 Å². The van der Waals surface area contributed by atoms with Gasteiger partial charge in [0.15, 0.2) is 5.82 Å². The van der Waals surface area contributed by atoms with Gasteiger partial charge in [0.05, 0.1) is 5.54 Å². The van der Waals surface area contributed by atoms with Crippen LogP contribution in [0.5, 0.6) is 0 Å². The lowest BCUT2D eigenvalue weighted by Gasteiger charge is -2.24. The van der Waals surface area contributed by atoms with Crippen molar-refractivity contribution in [2.45, 2.75) is 38.1 Å². The maximum absolute atomic E-state index is 6.37. The minimum Gasteiger partial charge on any atom is -0.319 e. The molecule has 2 rings (SSSR count). The highest BCUT2D eigenvalue weighted by Gasteiger charge is 2.33. The summed E-state index contributed by atoms with van der Waals surface area (Å²) >= 11 is 0. The van der Waals surface area contributed by atoms with Gasteiger partial charge in [-0.25, -0.2) is 0 Å². The summed E-state index contributed by atoms with van der Waals surface area (Å²) in [6.45, 7) is 5.52. The highest BCUT2D eigenvalue weighted by atomic mass is 15.5. The standard InChI is InChI=1S/C10H20N6/c1-2-6-16-7-3-4-10(11,5-8-16)9-12-14-15-13-9/h2-8,11H2,1H3,(H,12,13,14,15). The van der Waals surface area contributed by atoms with E-state index in [9.17, 15) is 0 Å². The van der Waals surface area contributed by atoms with Crippen LogP contribution in [0.15, 0.2) is 0 Å². The predicted molar refractivity (Wildman–Crippen MR) is 60.6 cm³/mol. The number of tetrazole rings is 1. The molecule has 1 atom stereocenters. The third kappa shape index (κ3) is 2.38. The van der Waals surface area contributed by atoms with Crippen molar-refractivity contribution in [1.29, 1.82) is 0 Å². The molecule has 1 aromatic rings. The Morgan fingerprint density at radius 1 is 1.44 bits per heavy atom. The molecular formula is C10H20N6. The number of likely N-dealkylation sites (tertiary alicyclic amines) is 1. The van der Waals surface area contributed by atoms with Gasteiger partial charge in [-0.2, -0.15) is 5.21 Å². The van der Waals surface area contributed by atoms with Crippen LogP contribution in [0.2, 0.25) is 0 Å². The molecule has 6 nitrogen and oxygen atoms in total. The highest BCUT2D eigenvalue weighted by Crippen LogP contribution is 2.27. The van der Waals surface area contributed by atoms with E-state index in [4.69, 9.17) is 5.73 Å². The van der Waals surface area contributed by atoms with Crippen LogP contribution in [0.1, 0.15) is 38.4 Å². The molecule has 1 saturated heterocycles. The number of hydrogen-bond acceptors (Lipinski definition) is 5. The van der Waals surface area contributed by atoms with E-state index in [2.05, 4.69) is 32.4 Å². The number of nitrogens with zero attached hydrogens (tertiary/aromatic N) is 4. The number of nitrogens with one attached hydrogen (secondary N) is 1. The SMILES string of the molecule is CCCN1CCCC(N)(c2nn[nH]n2)CC1. The van der Waals surface area contributed by atoms with E-state index < -0.39 is 5.54 Å². The van der Waals surface area contributed by atoms with Gasteiger partial charge in [0.2, 0.25) is 0 Å². The molecule has 6 heteroatoms. The molecule has 16 heavy (non-hydrogen) atoms. The molecule has 1 unspecified atom stereocenters. The third-order valence-electron chi connectivity index (χ3n) is 3.30. The van der Waals surface area contributed by atoms with Gasteiger partial charge < -0.3 is 10.6 Å². The Hall–Kier alpha value is -1.01. The lowest BCUT2D eigenvalue weighted by Crippen LogP contribution is -2.39. The second-order valence-electron chi connectivity index (χ2n) is 4.59. The highest BCUT2D eigenvalue weighted by molar-refractivity contribution is 5.02. The molecule has 90 valence electrons. The average molecular weight is 224 g/mol. The number of aromatic nitrogens is 4. The summed E-state index contributed by atoms with van der Waals surface area (Å²) in [7, 11) is 0. The average Bonchev–Trinajstić information content (AvgIpc) is 2.74. The van der Waals surface area contributed by atoms with Crippen LogP contribution in [0.25, 0.3) is 0 Å². The topological polar surface area (TPSA) is 83.7 Å². The van der Waals surface area contributed by atoms with Crippen molar-refractivity contribution in [2.75, 3.05) is 19.6 Å². The molecule has 1 aliphatic rings. The summed E-state index contributed by atoms with van der Waals surface area (Å²) in [6, 6.07) is 0. The Kier molecular flexibility index (Phi) is 3.50. The van der Waals surface area contributed by atoms with Crippen LogP contribution in [0, 0.1) is 0 Å². The van der Waals surface area contributed by atoms with Crippen LogP contribution in [-0.2, 0) is 5.54 Å². The lowest BCUT2D eigenvalue weighted by molar-refractivity contribution is 0.274. The summed E-state index contributed by atoms with van der Waals surface area (Å²) < 4.78 is 0. The molecule has 0 amide bonds. The van der Waals surface area contributed by atoms with E-state index in [0.29, 0.717) is 5.82 Å². The summed E-state index contributed by atoms with van der Waals surface area (Å²) in [6.07, 6.45) is 4.14. The molecule has 2 heterocycles. The van der Waals surface area contributed by atoms with Gasteiger partial charge in [0.25, 0.3) is 0 Å². The number of aromatic amines is 1. The van der Waals surface area contributed by atoms with E-state index in [-0.39, 0.29) is 0 Å². The molecule has 1 aliphatic heterocycles. The predicted octanol–water partition coefficient (Wildman–Crippen LogP) is 0.250. The summed E-state index contributed by atoms with van der Waals surface area (Å²) in [5, 5.41) is 14.2. The first-order valence-corrected chi connectivity index (χ1v) is 6.00. The van der Waals surface area contributed by atoms with Crippen molar-refractivity contribution >= 4 is 0 Å². The van der Waals surface area contributed by atoms with E-state index in [0.717, 1.165) is 38.9 Å². The van der Waals surface area contributed by atoms with E-state index in [1.165, 1.54) is 6.42 Å². The Balaban J connectivity index is 2.02. The number of H-pyrrole nitrogens is 1. The van der Waals surface area contributed by atoms with E-state index in [1.807, 2.05) is 0 Å². The quantitative estimate of drug-likeness (QED) is 0.769. The number of nitrogens with two attached hydrogens (primary N) is 1. The summed E-state index contributed by atoms with van der Waals surface area (Å²) in [5.74, 6) is 0.658. The van der Waals surface area contributed by atoms with Crippen LogP contribution < -0.4 is 5.73 Å². The summed E-state index contributed by atoms with van der Waals surface area (Å²) in [4.78, 5) is 2.47. The maximum Gasteiger partial charge on any atom is 0.194 e. The van der Waals surface area contributed by atoms with Crippen molar-refractivity contribution in [3.63, 3.8) is 0 Å². The Morgan fingerprint density at radius 2 is 2.31 bits per heavy atom. The van der Waals surface area contributed by atoms with Crippen molar-refractivity contribution in [1.82, 2.24) is 25.5 Å². The summed E-state index contributed by atoms with van der Waals surface area (Å²) in [5.41, 5.74) is 5.98. The lowest BCUT2D eigenvalue weighted by atomic mass is 9.91. The second kappa shape index (κ2) is 4.88. The molecule has 0 spiro atoms. The monoisotopic (exact) mass is 224 g/mol. The van der Waals surface area contributed by atoms with Crippen LogP contribution in [0.4, 0.5) is 0 Å². The zero-order valence-electron chi connectivity index (χ0n) is 9.82. The van der Waals surface area contributed by atoms with Crippen molar-refractivity contribution in [3.05, 3.63) is 5.82 Å². The van der Waals surface area contributed by atoms with Gasteiger partial charge in [-0.3, -0.25) is 0 Å².